The molecule has 0 radical (unpaired) electrons. The SMILES string of the molecule is CCCCCCN1CCN(CC(C)C#N)CC1[SiH](C)C. The third-order valence-corrected chi connectivity index (χ3v) is 6.61. The van der Waals surface area contributed by atoms with Crippen LogP contribution in [0.25, 0.3) is 0 Å². The van der Waals surface area contributed by atoms with E-state index in [-0.39, 0.29) is 5.92 Å². The van der Waals surface area contributed by atoms with Crippen molar-refractivity contribution in [1.82, 2.24) is 9.80 Å². The first-order chi connectivity index (χ1) is 9.58. The molecular weight excluding hydrogens is 262 g/mol. The second-order valence-electron chi connectivity index (χ2n) is 6.70. The molecule has 1 aliphatic heterocycles. The molecule has 0 aromatic rings. The zero-order valence-electron chi connectivity index (χ0n) is 13.9. The number of piperazine rings is 1. The number of hydrogen-bond donors (Lipinski definition) is 0. The molecule has 116 valence electrons. The molecule has 20 heavy (non-hydrogen) atoms. The van der Waals surface area contributed by atoms with Crippen LogP contribution in [0.2, 0.25) is 13.1 Å². The topological polar surface area (TPSA) is 30.3 Å². The Bertz CT molecular complexity index is 301. The Morgan fingerprint density at radius 1 is 1.25 bits per heavy atom. The summed E-state index contributed by atoms with van der Waals surface area (Å²) in [7, 11) is -0.660. The molecule has 0 N–H and O–H groups in total. The molecule has 2 unspecified atom stereocenters. The molecule has 4 heteroatoms. The largest absolute Gasteiger partial charge is 0.301 e. The van der Waals surface area contributed by atoms with E-state index in [1.165, 1.54) is 45.3 Å². The van der Waals surface area contributed by atoms with Crippen LogP contribution in [0, 0.1) is 17.2 Å². The van der Waals surface area contributed by atoms with Gasteiger partial charge in [0.25, 0.3) is 0 Å². The smallest absolute Gasteiger partial charge is 0.0666 e. The Hall–Kier alpha value is -0.373. The van der Waals surface area contributed by atoms with Gasteiger partial charge in [-0.3, -0.25) is 4.90 Å². The first-order valence-electron chi connectivity index (χ1n) is 8.44. The first kappa shape index (κ1) is 17.7. The average molecular weight is 296 g/mol. The predicted octanol–water partition coefficient (Wildman–Crippen LogP) is 2.74. The highest BCUT2D eigenvalue weighted by Gasteiger charge is 2.29. The summed E-state index contributed by atoms with van der Waals surface area (Å²) in [5.74, 6) is 0.167. The Kier molecular flexibility index (Phi) is 8.43. The van der Waals surface area contributed by atoms with Crippen LogP contribution in [-0.4, -0.2) is 57.0 Å². The molecule has 3 nitrogen and oxygen atoms in total. The van der Waals surface area contributed by atoms with Crippen molar-refractivity contribution in [2.45, 2.75) is 58.3 Å². The Morgan fingerprint density at radius 2 is 2.00 bits per heavy atom. The van der Waals surface area contributed by atoms with Crippen LogP contribution in [-0.2, 0) is 0 Å². The molecule has 0 saturated carbocycles. The quantitative estimate of drug-likeness (QED) is 0.509. The van der Waals surface area contributed by atoms with Crippen LogP contribution >= 0.6 is 0 Å². The standard InChI is InChI=1S/C16H33N3Si/c1-5-6-7-8-9-19-11-10-18(13-15(2)12-17)14-16(19)20(3)4/h15-16,20H,5-11,13-14H2,1-4H3. The van der Waals surface area contributed by atoms with Crippen LogP contribution in [0.1, 0.15) is 39.5 Å². The van der Waals surface area contributed by atoms with Crippen molar-refractivity contribution >= 4 is 8.80 Å². The molecule has 0 bridgehead atoms. The van der Waals surface area contributed by atoms with Crippen molar-refractivity contribution in [3.05, 3.63) is 0 Å². The molecule has 0 aromatic heterocycles. The van der Waals surface area contributed by atoms with E-state index in [0.717, 1.165) is 18.8 Å². The maximum atomic E-state index is 8.98. The minimum Gasteiger partial charge on any atom is -0.301 e. The van der Waals surface area contributed by atoms with Gasteiger partial charge >= 0.3 is 0 Å². The van der Waals surface area contributed by atoms with Crippen LogP contribution in [0.3, 0.4) is 0 Å². The van der Waals surface area contributed by atoms with E-state index >= 15 is 0 Å². The van der Waals surface area contributed by atoms with Gasteiger partial charge in [0.2, 0.25) is 0 Å². The van der Waals surface area contributed by atoms with Crippen LogP contribution in [0.4, 0.5) is 0 Å². The lowest BCUT2D eigenvalue weighted by molar-refractivity contribution is 0.102. The Balaban J connectivity index is 2.43. The summed E-state index contributed by atoms with van der Waals surface area (Å²) in [6.07, 6.45) is 5.44. The second kappa shape index (κ2) is 9.54. The van der Waals surface area contributed by atoms with Gasteiger partial charge in [-0.15, -0.1) is 0 Å². The summed E-state index contributed by atoms with van der Waals surface area (Å²) >= 11 is 0. The highest BCUT2D eigenvalue weighted by Crippen LogP contribution is 2.15. The minimum atomic E-state index is -0.660. The summed E-state index contributed by atoms with van der Waals surface area (Å²) < 4.78 is 0. The number of unbranched alkanes of at least 4 members (excludes halogenated alkanes) is 3. The summed E-state index contributed by atoms with van der Waals surface area (Å²) in [6.45, 7) is 15.1. The predicted molar refractivity (Wildman–Crippen MR) is 89.6 cm³/mol. The van der Waals surface area contributed by atoms with Gasteiger partial charge in [0.05, 0.1) is 20.8 Å². The summed E-state index contributed by atoms with van der Waals surface area (Å²) in [6, 6.07) is 2.37. The highest BCUT2D eigenvalue weighted by molar-refractivity contribution is 6.57. The molecule has 0 spiro atoms. The highest BCUT2D eigenvalue weighted by atomic mass is 28.3. The van der Waals surface area contributed by atoms with Gasteiger partial charge in [-0.05, 0) is 19.9 Å². The normalized spacial score (nSPS) is 22.9. The van der Waals surface area contributed by atoms with Crippen molar-refractivity contribution in [1.29, 1.82) is 5.26 Å². The van der Waals surface area contributed by atoms with Crippen molar-refractivity contribution in [2.75, 3.05) is 32.7 Å². The van der Waals surface area contributed by atoms with Crippen LogP contribution in [0.5, 0.6) is 0 Å². The van der Waals surface area contributed by atoms with E-state index in [1.54, 1.807) is 0 Å². The van der Waals surface area contributed by atoms with Gasteiger partial charge < -0.3 is 4.90 Å². The lowest BCUT2D eigenvalue weighted by atomic mass is 10.1. The maximum Gasteiger partial charge on any atom is 0.0666 e. The van der Waals surface area contributed by atoms with E-state index in [1.807, 2.05) is 6.92 Å². The van der Waals surface area contributed by atoms with Crippen molar-refractivity contribution in [3.8, 4) is 6.07 Å². The van der Waals surface area contributed by atoms with Gasteiger partial charge in [-0.2, -0.15) is 5.26 Å². The zero-order valence-corrected chi connectivity index (χ0v) is 15.1. The van der Waals surface area contributed by atoms with Gasteiger partial charge in [-0.25, -0.2) is 0 Å². The molecule has 1 aliphatic rings. The van der Waals surface area contributed by atoms with E-state index in [0.29, 0.717) is 0 Å². The number of hydrogen-bond acceptors (Lipinski definition) is 3. The van der Waals surface area contributed by atoms with E-state index in [4.69, 9.17) is 5.26 Å². The van der Waals surface area contributed by atoms with Crippen molar-refractivity contribution in [2.24, 2.45) is 5.92 Å². The number of rotatable bonds is 8. The summed E-state index contributed by atoms with van der Waals surface area (Å²) in [5.41, 5.74) is 0.802. The minimum absolute atomic E-state index is 0.167. The maximum absolute atomic E-state index is 8.98. The van der Waals surface area contributed by atoms with E-state index < -0.39 is 8.80 Å². The second-order valence-corrected chi connectivity index (χ2v) is 9.96. The molecule has 1 saturated heterocycles. The average Bonchev–Trinajstić information content (AvgIpc) is 2.44. The van der Waals surface area contributed by atoms with Gasteiger partial charge in [0.1, 0.15) is 0 Å². The van der Waals surface area contributed by atoms with Crippen LogP contribution in [0.15, 0.2) is 0 Å². The molecule has 0 amide bonds. The molecule has 1 rings (SSSR count). The van der Waals surface area contributed by atoms with Gasteiger partial charge in [-0.1, -0.05) is 39.3 Å². The summed E-state index contributed by atoms with van der Waals surface area (Å²) in [5, 5.41) is 8.98. The third-order valence-electron chi connectivity index (χ3n) is 4.44. The fourth-order valence-electron chi connectivity index (χ4n) is 3.15. The van der Waals surface area contributed by atoms with E-state index in [9.17, 15) is 0 Å². The van der Waals surface area contributed by atoms with E-state index in [2.05, 4.69) is 35.9 Å². The summed E-state index contributed by atoms with van der Waals surface area (Å²) in [4.78, 5) is 5.27. The van der Waals surface area contributed by atoms with Crippen molar-refractivity contribution in [3.63, 3.8) is 0 Å². The molecular formula is C16H33N3Si. The molecule has 1 heterocycles. The zero-order chi connectivity index (χ0) is 15.0. The molecule has 0 aromatic carbocycles. The molecule has 1 fully saturated rings. The Morgan fingerprint density at radius 3 is 2.60 bits per heavy atom. The number of nitrogens with zero attached hydrogens (tertiary/aromatic N) is 3. The Labute approximate surface area is 127 Å². The molecule has 0 aliphatic carbocycles. The lowest BCUT2D eigenvalue weighted by Gasteiger charge is -2.43. The number of nitriles is 1. The van der Waals surface area contributed by atoms with Crippen LogP contribution < -0.4 is 0 Å². The monoisotopic (exact) mass is 295 g/mol. The van der Waals surface area contributed by atoms with Crippen molar-refractivity contribution < 1.29 is 0 Å². The fourth-order valence-corrected chi connectivity index (χ4v) is 5.01. The fraction of sp³-hybridized carbons (Fsp3) is 0.938. The van der Waals surface area contributed by atoms with Gasteiger partial charge in [0.15, 0.2) is 0 Å². The third kappa shape index (κ3) is 5.95. The van der Waals surface area contributed by atoms with Gasteiger partial charge in [0, 0.05) is 31.8 Å². The lowest BCUT2D eigenvalue weighted by Crippen LogP contribution is -2.58. The molecule has 2 atom stereocenters. The first-order valence-corrected chi connectivity index (χ1v) is 11.4.